The van der Waals surface area contributed by atoms with E-state index in [2.05, 4.69) is 18.2 Å². The van der Waals surface area contributed by atoms with Crippen molar-refractivity contribution in [2.75, 3.05) is 0 Å². The largest absolute Gasteiger partial charge is 0.288 e. The fourth-order valence-electron chi connectivity index (χ4n) is 3.42. The molecule has 0 spiro atoms. The summed E-state index contributed by atoms with van der Waals surface area (Å²) >= 11 is 4.75. The van der Waals surface area contributed by atoms with Gasteiger partial charge >= 0.3 is 0 Å². The number of Topliss-reactive ketones (excluding diaryl/α,β-unsaturated/α-hetero) is 1. The molecule has 2 aromatic carbocycles. The first kappa shape index (κ1) is 20.9. The van der Waals surface area contributed by atoms with Crippen LogP contribution in [0.3, 0.4) is 0 Å². The van der Waals surface area contributed by atoms with Gasteiger partial charge in [0.1, 0.15) is 0 Å². The number of carbonyl (C=O) groups excluding carboxylic acids is 2. The van der Waals surface area contributed by atoms with Crippen LogP contribution in [0.1, 0.15) is 36.9 Å². The normalized spacial score (nSPS) is 13.4. The molecule has 0 unspecified atom stereocenters. The Bertz CT molecular complexity index is 1340. The standard InChI is InChI=1S/C27H18O2S3/c28-26(18-8-3-1-4-9-18)24-13-7-12-20(31-24)21-14-15-22(30-21)23-16-17-25(32-23)27(29)19-10-5-2-6-11-19/h1-6,8-17H,7H2. The Morgan fingerprint density at radius 2 is 1.19 bits per heavy atom. The van der Waals surface area contributed by atoms with Gasteiger partial charge in [-0.3, -0.25) is 9.59 Å². The highest BCUT2D eigenvalue weighted by molar-refractivity contribution is 8.12. The van der Waals surface area contributed by atoms with Crippen molar-refractivity contribution < 1.29 is 9.59 Å². The van der Waals surface area contributed by atoms with Gasteiger partial charge in [0.2, 0.25) is 5.78 Å². The predicted octanol–water partition coefficient (Wildman–Crippen LogP) is 7.95. The molecule has 2 nitrogen and oxygen atoms in total. The Labute approximate surface area is 198 Å². The van der Waals surface area contributed by atoms with E-state index < -0.39 is 0 Å². The highest BCUT2D eigenvalue weighted by atomic mass is 32.2. The summed E-state index contributed by atoms with van der Waals surface area (Å²) in [5.41, 5.74) is 1.42. The van der Waals surface area contributed by atoms with Crippen LogP contribution in [-0.4, -0.2) is 11.6 Å². The lowest BCUT2D eigenvalue weighted by molar-refractivity contribution is 0.103. The van der Waals surface area contributed by atoms with Gasteiger partial charge in [-0.15, -0.1) is 22.7 Å². The Hall–Kier alpha value is -2.99. The van der Waals surface area contributed by atoms with E-state index in [1.54, 1.807) is 11.3 Å². The quantitative estimate of drug-likeness (QED) is 0.268. The highest BCUT2D eigenvalue weighted by Crippen LogP contribution is 2.44. The van der Waals surface area contributed by atoms with Crippen molar-refractivity contribution in [1.29, 1.82) is 0 Å². The average molecular weight is 471 g/mol. The number of ketones is 2. The van der Waals surface area contributed by atoms with Gasteiger partial charge in [-0.2, -0.15) is 0 Å². The van der Waals surface area contributed by atoms with E-state index >= 15 is 0 Å². The summed E-state index contributed by atoms with van der Waals surface area (Å²) in [6.07, 6.45) is 4.91. The molecule has 1 aliphatic rings. The SMILES string of the molecule is O=C(C1=CCC=C(c2ccc(-c3ccc(C(=O)c4ccccc4)s3)s2)S1)c1ccccc1. The first-order valence-corrected chi connectivity index (χ1v) is 12.6. The minimum Gasteiger partial charge on any atom is -0.288 e. The summed E-state index contributed by atoms with van der Waals surface area (Å²) in [7, 11) is 0. The molecule has 1 aliphatic heterocycles. The van der Waals surface area contributed by atoms with Crippen LogP contribution in [0.15, 0.2) is 102 Å². The van der Waals surface area contributed by atoms with Gasteiger partial charge < -0.3 is 0 Å². The van der Waals surface area contributed by atoms with Gasteiger partial charge in [0, 0.05) is 30.7 Å². The third-order valence-electron chi connectivity index (χ3n) is 5.04. The van der Waals surface area contributed by atoms with Crippen molar-refractivity contribution in [2.45, 2.75) is 6.42 Å². The topological polar surface area (TPSA) is 34.1 Å². The maximum atomic E-state index is 12.8. The second kappa shape index (κ2) is 9.25. The molecule has 2 aromatic heterocycles. The van der Waals surface area contributed by atoms with Crippen LogP contribution in [0.5, 0.6) is 0 Å². The average Bonchev–Trinajstić information content (AvgIpc) is 3.54. The van der Waals surface area contributed by atoms with Gasteiger partial charge in [0.05, 0.1) is 9.78 Å². The minimum atomic E-state index is 0.0541. The van der Waals surface area contributed by atoms with Crippen molar-refractivity contribution in [3.63, 3.8) is 0 Å². The molecule has 0 fully saturated rings. The molecule has 4 aromatic rings. The third kappa shape index (κ3) is 4.32. The molecule has 0 atom stereocenters. The molecule has 0 amide bonds. The molecular formula is C27H18O2S3. The number of benzene rings is 2. The maximum absolute atomic E-state index is 12.8. The number of carbonyl (C=O) groups is 2. The van der Waals surface area contributed by atoms with Crippen molar-refractivity contribution in [3.05, 3.63) is 123 Å². The smallest absolute Gasteiger partial charge is 0.202 e. The number of rotatable bonds is 6. The zero-order chi connectivity index (χ0) is 21.9. The van der Waals surface area contributed by atoms with E-state index in [9.17, 15) is 9.59 Å². The fraction of sp³-hybridized carbons (Fsp3) is 0.0370. The molecule has 5 rings (SSSR count). The molecule has 0 saturated heterocycles. The summed E-state index contributed by atoms with van der Waals surface area (Å²) in [5.74, 6) is 0.124. The van der Waals surface area contributed by atoms with E-state index in [-0.39, 0.29) is 11.6 Å². The van der Waals surface area contributed by atoms with E-state index in [0.29, 0.717) is 11.1 Å². The Morgan fingerprint density at radius 1 is 0.594 bits per heavy atom. The lowest BCUT2D eigenvalue weighted by Gasteiger charge is -2.13. The molecule has 32 heavy (non-hydrogen) atoms. The molecule has 3 heterocycles. The summed E-state index contributed by atoms with van der Waals surface area (Å²) < 4.78 is 0. The zero-order valence-electron chi connectivity index (χ0n) is 17.0. The first-order valence-electron chi connectivity index (χ1n) is 10.2. The van der Waals surface area contributed by atoms with Crippen molar-refractivity contribution in [1.82, 2.24) is 0 Å². The molecule has 5 heteroatoms. The molecule has 0 radical (unpaired) electrons. The zero-order valence-corrected chi connectivity index (χ0v) is 19.4. The third-order valence-corrected chi connectivity index (χ3v) is 8.75. The van der Waals surface area contributed by atoms with Gasteiger partial charge in [-0.05, 0) is 30.7 Å². The molecule has 156 valence electrons. The van der Waals surface area contributed by atoms with Crippen LogP contribution in [0.4, 0.5) is 0 Å². The van der Waals surface area contributed by atoms with E-state index in [0.717, 1.165) is 35.7 Å². The highest BCUT2D eigenvalue weighted by Gasteiger charge is 2.20. The molecule has 0 saturated carbocycles. The summed E-state index contributed by atoms with van der Waals surface area (Å²) in [4.78, 5) is 31.5. The van der Waals surface area contributed by atoms with Gasteiger partial charge in [0.15, 0.2) is 5.78 Å². The number of thioether (sulfide) groups is 1. The summed E-state index contributed by atoms with van der Waals surface area (Å²) in [5, 5.41) is 0. The van der Waals surface area contributed by atoms with Gasteiger partial charge in [-0.25, -0.2) is 0 Å². The van der Waals surface area contributed by atoms with Crippen LogP contribution in [0, 0.1) is 0 Å². The fourth-order valence-corrected chi connectivity index (χ4v) is 6.65. The second-order valence-electron chi connectivity index (χ2n) is 7.19. The van der Waals surface area contributed by atoms with Crippen molar-refractivity contribution >= 4 is 50.9 Å². The lowest BCUT2D eigenvalue weighted by atomic mass is 10.1. The number of thiophene rings is 2. The minimum absolute atomic E-state index is 0.0541. The second-order valence-corrected chi connectivity index (χ2v) is 10.4. The number of hydrogen-bond acceptors (Lipinski definition) is 5. The molecule has 0 N–H and O–H groups in total. The Morgan fingerprint density at radius 3 is 1.91 bits per heavy atom. The first-order chi connectivity index (χ1) is 15.7. The Balaban J connectivity index is 1.32. The van der Waals surface area contributed by atoms with Crippen molar-refractivity contribution in [2.24, 2.45) is 0 Å². The predicted molar refractivity (Wildman–Crippen MR) is 137 cm³/mol. The van der Waals surface area contributed by atoms with Gasteiger partial charge in [0.25, 0.3) is 0 Å². The van der Waals surface area contributed by atoms with E-state index in [4.69, 9.17) is 0 Å². The van der Waals surface area contributed by atoms with Crippen LogP contribution < -0.4 is 0 Å². The number of allylic oxidation sites excluding steroid dienone is 3. The number of hydrogen-bond donors (Lipinski definition) is 0. The van der Waals surface area contributed by atoms with Crippen molar-refractivity contribution in [3.8, 4) is 9.75 Å². The molecule has 0 aliphatic carbocycles. The van der Waals surface area contributed by atoms with E-state index in [1.165, 1.54) is 23.1 Å². The molecular weight excluding hydrogens is 452 g/mol. The maximum Gasteiger partial charge on any atom is 0.202 e. The van der Waals surface area contributed by atoms with E-state index in [1.807, 2.05) is 78.9 Å². The summed E-state index contributed by atoms with van der Waals surface area (Å²) in [6.45, 7) is 0. The van der Waals surface area contributed by atoms with Crippen LogP contribution in [0.25, 0.3) is 14.7 Å². The van der Waals surface area contributed by atoms with Crippen LogP contribution in [0.2, 0.25) is 0 Å². The monoisotopic (exact) mass is 470 g/mol. The summed E-state index contributed by atoms with van der Waals surface area (Å²) in [6, 6.07) is 26.9. The Kier molecular flexibility index (Phi) is 6.04. The lowest BCUT2D eigenvalue weighted by Crippen LogP contribution is -2.02. The van der Waals surface area contributed by atoms with Gasteiger partial charge in [-0.1, -0.05) is 84.6 Å². The molecule has 0 bridgehead atoms. The van der Waals surface area contributed by atoms with Crippen LogP contribution >= 0.6 is 34.4 Å². The van der Waals surface area contributed by atoms with Crippen LogP contribution in [-0.2, 0) is 0 Å².